The van der Waals surface area contributed by atoms with E-state index in [1.165, 1.54) is 12.8 Å². The molecule has 2 aromatic heterocycles. The minimum atomic E-state index is 0.00353. The molecule has 0 radical (unpaired) electrons. The van der Waals surface area contributed by atoms with Crippen LogP contribution in [0.4, 0.5) is 0 Å². The largest absolute Gasteiger partial charge is 0.370 e. The van der Waals surface area contributed by atoms with Crippen LogP contribution < -0.4 is 0 Å². The molecule has 5 heteroatoms. The first-order valence-corrected chi connectivity index (χ1v) is 8.55. The molecule has 1 atom stereocenters. The van der Waals surface area contributed by atoms with Crippen molar-refractivity contribution in [2.45, 2.75) is 58.3 Å². The Morgan fingerprint density at radius 1 is 1.38 bits per heavy atom. The summed E-state index contributed by atoms with van der Waals surface area (Å²) in [6.45, 7) is 7.00. The molecule has 1 aliphatic carbocycles. The van der Waals surface area contributed by atoms with E-state index in [4.69, 9.17) is 4.74 Å². The van der Waals surface area contributed by atoms with Crippen molar-refractivity contribution < 1.29 is 4.74 Å². The van der Waals surface area contributed by atoms with Crippen molar-refractivity contribution in [3.05, 3.63) is 29.6 Å². The first-order valence-electron chi connectivity index (χ1n) is 8.55. The fourth-order valence-corrected chi connectivity index (χ4v) is 3.12. The SMILES string of the molecule is Cc1cc(C#CC2CC2)cnc1-c1cn(CC2CC(C)(C)O2)nn1. The molecule has 2 aromatic rings. The summed E-state index contributed by atoms with van der Waals surface area (Å²) in [4.78, 5) is 4.55. The number of hydrogen-bond acceptors (Lipinski definition) is 4. The molecular weight excluding hydrogens is 300 g/mol. The summed E-state index contributed by atoms with van der Waals surface area (Å²) >= 11 is 0. The van der Waals surface area contributed by atoms with E-state index in [-0.39, 0.29) is 11.7 Å². The normalized spacial score (nSPS) is 21.7. The van der Waals surface area contributed by atoms with Gasteiger partial charge in [-0.1, -0.05) is 17.1 Å². The average molecular weight is 322 g/mol. The quantitative estimate of drug-likeness (QED) is 0.815. The number of ether oxygens (including phenoxy) is 1. The minimum Gasteiger partial charge on any atom is -0.370 e. The summed E-state index contributed by atoms with van der Waals surface area (Å²) < 4.78 is 7.66. The molecule has 1 unspecified atom stereocenters. The third-order valence-corrected chi connectivity index (χ3v) is 4.45. The van der Waals surface area contributed by atoms with Crippen LogP contribution in [0.25, 0.3) is 11.4 Å². The van der Waals surface area contributed by atoms with Gasteiger partial charge in [0.1, 0.15) is 5.69 Å². The Morgan fingerprint density at radius 3 is 2.83 bits per heavy atom. The second-order valence-electron chi connectivity index (χ2n) is 7.46. The number of nitrogens with zero attached hydrogens (tertiary/aromatic N) is 4. The van der Waals surface area contributed by atoms with Crippen LogP contribution in [0.15, 0.2) is 18.5 Å². The number of aryl methyl sites for hydroxylation is 1. The monoisotopic (exact) mass is 322 g/mol. The first kappa shape index (κ1) is 15.3. The van der Waals surface area contributed by atoms with Gasteiger partial charge in [0, 0.05) is 24.1 Å². The fraction of sp³-hybridized carbons (Fsp3) is 0.526. The number of aromatic nitrogens is 4. The molecule has 3 heterocycles. The van der Waals surface area contributed by atoms with Crippen LogP contribution in [0.1, 0.15) is 44.2 Å². The van der Waals surface area contributed by atoms with Crippen LogP contribution in [0.3, 0.4) is 0 Å². The van der Waals surface area contributed by atoms with E-state index < -0.39 is 0 Å². The number of pyridine rings is 1. The Bertz CT molecular complexity index is 815. The minimum absolute atomic E-state index is 0.00353. The van der Waals surface area contributed by atoms with E-state index in [0.717, 1.165) is 35.5 Å². The fourth-order valence-electron chi connectivity index (χ4n) is 3.12. The molecule has 0 bridgehead atoms. The molecule has 2 aliphatic rings. The average Bonchev–Trinajstić information content (AvgIpc) is 3.22. The van der Waals surface area contributed by atoms with Gasteiger partial charge in [0.2, 0.25) is 0 Å². The Labute approximate surface area is 142 Å². The highest BCUT2D eigenvalue weighted by Gasteiger charge is 2.37. The van der Waals surface area contributed by atoms with E-state index >= 15 is 0 Å². The maximum atomic E-state index is 5.82. The Balaban J connectivity index is 1.47. The van der Waals surface area contributed by atoms with Gasteiger partial charge in [-0.05, 0) is 45.2 Å². The van der Waals surface area contributed by atoms with Crippen molar-refractivity contribution in [2.24, 2.45) is 5.92 Å². The highest BCUT2D eigenvalue weighted by atomic mass is 16.5. The third kappa shape index (κ3) is 3.34. The van der Waals surface area contributed by atoms with Crippen molar-refractivity contribution in [3.8, 4) is 23.2 Å². The summed E-state index contributed by atoms with van der Waals surface area (Å²) in [6.07, 6.45) is 7.52. The maximum Gasteiger partial charge on any atom is 0.131 e. The van der Waals surface area contributed by atoms with Crippen molar-refractivity contribution in [3.63, 3.8) is 0 Å². The summed E-state index contributed by atoms with van der Waals surface area (Å²) in [7, 11) is 0. The summed E-state index contributed by atoms with van der Waals surface area (Å²) in [5.74, 6) is 7.08. The summed E-state index contributed by atoms with van der Waals surface area (Å²) in [6, 6.07) is 2.08. The molecule has 0 N–H and O–H groups in total. The molecule has 24 heavy (non-hydrogen) atoms. The Kier molecular flexibility index (Phi) is 3.65. The van der Waals surface area contributed by atoms with Gasteiger partial charge in [-0.25, -0.2) is 4.68 Å². The predicted octanol–water partition coefficient (Wildman–Crippen LogP) is 2.98. The lowest BCUT2D eigenvalue weighted by molar-refractivity contribution is -0.189. The molecule has 1 saturated carbocycles. The van der Waals surface area contributed by atoms with E-state index in [1.54, 1.807) is 0 Å². The zero-order chi connectivity index (χ0) is 16.7. The Hall–Kier alpha value is -2.19. The van der Waals surface area contributed by atoms with Crippen molar-refractivity contribution in [1.82, 2.24) is 20.0 Å². The molecule has 2 fully saturated rings. The molecule has 1 aliphatic heterocycles. The van der Waals surface area contributed by atoms with Gasteiger partial charge >= 0.3 is 0 Å². The van der Waals surface area contributed by atoms with Crippen LogP contribution in [-0.2, 0) is 11.3 Å². The van der Waals surface area contributed by atoms with Crippen LogP contribution in [0.2, 0.25) is 0 Å². The lowest BCUT2D eigenvalue weighted by Crippen LogP contribution is -2.47. The molecule has 124 valence electrons. The standard InChI is InChI=1S/C19H22N4O/c1-13-8-15(7-6-14-4-5-14)10-20-18(13)17-12-23(22-21-17)11-16-9-19(2,3)24-16/h8,10,12,14,16H,4-5,9,11H2,1-3H3. The second kappa shape index (κ2) is 5.71. The topological polar surface area (TPSA) is 52.8 Å². The van der Waals surface area contributed by atoms with Gasteiger partial charge in [-0.3, -0.25) is 4.98 Å². The maximum absolute atomic E-state index is 5.82. The molecule has 1 saturated heterocycles. The van der Waals surface area contributed by atoms with Crippen molar-refractivity contribution >= 4 is 0 Å². The van der Waals surface area contributed by atoms with Gasteiger partial charge in [0.05, 0.1) is 30.1 Å². The van der Waals surface area contributed by atoms with Gasteiger partial charge < -0.3 is 4.74 Å². The van der Waals surface area contributed by atoms with E-state index in [9.17, 15) is 0 Å². The van der Waals surface area contributed by atoms with E-state index in [2.05, 4.69) is 47.1 Å². The lowest BCUT2D eigenvalue weighted by Gasteiger charge is -2.42. The molecule has 0 amide bonds. The van der Waals surface area contributed by atoms with Crippen LogP contribution in [0.5, 0.6) is 0 Å². The molecule has 0 spiro atoms. The second-order valence-corrected chi connectivity index (χ2v) is 7.46. The van der Waals surface area contributed by atoms with Crippen molar-refractivity contribution in [2.75, 3.05) is 0 Å². The number of hydrogen-bond donors (Lipinski definition) is 0. The lowest BCUT2D eigenvalue weighted by atomic mass is 9.93. The molecule has 5 nitrogen and oxygen atoms in total. The summed E-state index contributed by atoms with van der Waals surface area (Å²) in [5, 5.41) is 8.48. The predicted molar refractivity (Wildman–Crippen MR) is 91.2 cm³/mol. The highest BCUT2D eigenvalue weighted by molar-refractivity contribution is 5.58. The third-order valence-electron chi connectivity index (χ3n) is 4.45. The van der Waals surface area contributed by atoms with E-state index in [1.807, 2.05) is 24.0 Å². The zero-order valence-corrected chi connectivity index (χ0v) is 14.4. The summed E-state index contributed by atoms with van der Waals surface area (Å²) in [5.41, 5.74) is 3.72. The van der Waals surface area contributed by atoms with Crippen LogP contribution >= 0.6 is 0 Å². The van der Waals surface area contributed by atoms with Crippen molar-refractivity contribution in [1.29, 1.82) is 0 Å². The van der Waals surface area contributed by atoms with Crippen LogP contribution in [0, 0.1) is 24.7 Å². The van der Waals surface area contributed by atoms with Gasteiger partial charge in [0.15, 0.2) is 0 Å². The Morgan fingerprint density at radius 2 is 2.17 bits per heavy atom. The smallest absolute Gasteiger partial charge is 0.131 e. The highest BCUT2D eigenvalue weighted by Crippen LogP contribution is 2.32. The molecule has 4 rings (SSSR count). The zero-order valence-electron chi connectivity index (χ0n) is 14.4. The van der Waals surface area contributed by atoms with E-state index in [0.29, 0.717) is 5.92 Å². The number of rotatable bonds is 3. The first-order chi connectivity index (χ1) is 11.5. The molecular formula is C19H22N4O. The van der Waals surface area contributed by atoms with Gasteiger partial charge in [0.25, 0.3) is 0 Å². The molecule has 0 aromatic carbocycles. The van der Waals surface area contributed by atoms with Crippen LogP contribution in [-0.4, -0.2) is 31.7 Å². The van der Waals surface area contributed by atoms with Gasteiger partial charge in [-0.2, -0.15) is 0 Å². The van der Waals surface area contributed by atoms with Gasteiger partial charge in [-0.15, -0.1) is 5.10 Å².